The number of anilines is 1. The van der Waals surface area contributed by atoms with Crippen LogP contribution in [0.1, 0.15) is 29.8 Å². The molecule has 0 aromatic heterocycles. The molecule has 0 heterocycles. The Morgan fingerprint density at radius 3 is 2.32 bits per heavy atom. The molecular weight excluding hydrogens is 234 g/mol. The lowest BCUT2D eigenvalue weighted by atomic mass is 10.0. The van der Waals surface area contributed by atoms with E-state index in [1.54, 1.807) is 0 Å². The molecule has 0 aliphatic rings. The van der Waals surface area contributed by atoms with E-state index < -0.39 is 0 Å². The first kappa shape index (κ1) is 13.3. The number of ketones is 1. The van der Waals surface area contributed by atoms with E-state index in [0.29, 0.717) is 5.92 Å². The van der Waals surface area contributed by atoms with Gasteiger partial charge < -0.3 is 5.32 Å². The molecule has 2 nitrogen and oxygen atoms in total. The Labute approximate surface area is 114 Å². The molecule has 0 atom stereocenters. The third-order valence-corrected chi connectivity index (χ3v) is 2.91. The summed E-state index contributed by atoms with van der Waals surface area (Å²) >= 11 is 0. The Kier molecular flexibility index (Phi) is 4.35. The Morgan fingerprint density at radius 1 is 1.00 bits per heavy atom. The second-order valence-corrected chi connectivity index (χ2v) is 5.02. The van der Waals surface area contributed by atoms with Gasteiger partial charge in [-0.05, 0) is 18.1 Å². The van der Waals surface area contributed by atoms with Crippen molar-refractivity contribution in [3.63, 3.8) is 0 Å². The predicted molar refractivity (Wildman–Crippen MR) is 79.6 cm³/mol. The van der Waals surface area contributed by atoms with Crippen molar-refractivity contribution >= 4 is 11.5 Å². The number of rotatable bonds is 5. The average Bonchev–Trinajstić information content (AvgIpc) is 2.45. The second-order valence-electron chi connectivity index (χ2n) is 5.02. The first-order valence-corrected chi connectivity index (χ1v) is 6.61. The minimum Gasteiger partial charge on any atom is -0.384 e. The summed E-state index contributed by atoms with van der Waals surface area (Å²) < 4.78 is 0. The van der Waals surface area contributed by atoms with Crippen LogP contribution in [-0.4, -0.2) is 12.3 Å². The van der Waals surface area contributed by atoms with E-state index in [4.69, 9.17) is 0 Å². The number of carbonyl (C=O) groups is 1. The van der Waals surface area contributed by atoms with Gasteiger partial charge in [0.15, 0.2) is 5.78 Å². The largest absolute Gasteiger partial charge is 0.384 e. The van der Waals surface area contributed by atoms with Crippen LogP contribution >= 0.6 is 0 Å². The molecule has 98 valence electrons. The number of para-hydroxylation sites is 1. The van der Waals surface area contributed by atoms with Crippen LogP contribution in [0.2, 0.25) is 0 Å². The fraction of sp³-hybridized carbons (Fsp3) is 0.235. The molecule has 19 heavy (non-hydrogen) atoms. The van der Waals surface area contributed by atoms with Crippen molar-refractivity contribution in [2.75, 3.05) is 11.9 Å². The van der Waals surface area contributed by atoms with E-state index in [1.807, 2.05) is 54.6 Å². The van der Waals surface area contributed by atoms with Gasteiger partial charge in [0.05, 0.1) is 0 Å². The highest BCUT2D eigenvalue weighted by Crippen LogP contribution is 2.19. The van der Waals surface area contributed by atoms with Gasteiger partial charge in [0.1, 0.15) is 0 Å². The summed E-state index contributed by atoms with van der Waals surface area (Å²) in [5.41, 5.74) is 2.36. The molecular formula is C17H19NO. The molecule has 0 saturated carbocycles. The second kappa shape index (κ2) is 6.19. The van der Waals surface area contributed by atoms with Gasteiger partial charge in [-0.1, -0.05) is 56.3 Å². The van der Waals surface area contributed by atoms with Crippen molar-refractivity contribution in [1.29, 1.82) is 0 Å². The molecule has 0 aliphatic carbocycles. The monoisotopic (exact) mass is 253 g/mol. The molecule has 2 aromatic rings. The van der Waals surface area contributed by atoms with Crippen LogP contribution in [0.3, 0.4) is 0 Å². The van der Waals surface area contributed by atoms with Gasteiger partial charge in [-0.25, -0.2) is 0 Å². The van der Waals surface area contributed by atoms with Crippen LogP contribution in [0.15, 0.2) is 54.6 Å². The fourth-order valence-electron chi connectivity index (χ4n) is 1.89. The highest BCUT2D eigenvalue weighted by Gasteiger charge is 2.12. The van der Waals surface area contributed by atoms with E-state index in [9.17, 15) is 4.79 Å². The third kappa shape index (κ3) is 3.44. The van der Waals surface area contributed by atoms with Crippen molar-refractivity contribution in [1.82, 2.24) is 0 Å². The van der Waals surface area contributed by atoms with E-state index in [-0.39, 0.29) is 5.78 Å². The van der Waals surface area contributed by atoms with Crippen LogP contribution < -0.4 is 5.32 Å². The first-order chi connectivity index (χ1) is 9.18. The van der Waals surface area contributed by atoms with Crippen LogP contribution in [0.4, 0.5) is 5.69 Å². The lowest BCUT2D eigenvalue weighted by Crippen LogP contribution is -2.12. The molecule has 0 saturated heterocycles. The van der Waals surface area contributed by atoms with E-state index in [1.165, 1.54) is 0 Å². The van der Waals surface area contributed by atoms with Crippen LogP contribution in [0, 0.1) is 5.92 Å². The Hall–Kier alpha value is -2.09. The molecule has 0 bridgehead atoms. The van der Waals surface area contributed by atoms with Gasteiger partial charge in [0.25, 0.3) is 0 Å². The number of carbonyl (C=O) groups excluding carboxylic acids is 1. The zero-order valence-corrected chi connectivity index (χ0v) is 11.4. The predicted octanol–water partition coefficient (Wildman–Crippen LogP) is 3.99. The zero-order chi connectivity index (χ0) is 13.7. The minimum absolute atomic E-state index is 0.0625. The summed E-state index contributed by atoms with van der Waals surface area (Å²) in [5.74, 6) is 0.604. The molecule has 1 N–H and O–H groups in total. The summed E-state index contributed by atoms with van der Waals surface area (Å²) in [6.45, 7) is 5.16. The number of nitrogens with one attached hydrogen (secondary N) is 1. The maximum absolute atomic E-state index is 12.5. The minimum atomic E-state index is 0.0625. The Morgan fingerprint density at radius 2 is 1.63 bits per heavy atom. The Balaban J connectivity index is 2.27. The summed E-state index contributed by atoms with van der Waals surface area (Å²) in [5, 5.41) is 3.34. The van der Waals surface area contributed by atoms with Crippen molar-refractivity contribution in [2.45, 2.75) is 13.8 Å². The lowest BCUT2D eigenvalue weighted by Gasteiger charge is -2.13. The number of benzene rings is 2. The van der Waals surface area contributed by atoms with Crippen LogP contribution in [0.25, 0.3) is 0 Å². The summed E-state index contributed by atoms with van der Waals surface area (Å²) in [4.78, 5) is 12.5. The topological polar surface area (TPSA) is 29.1 Å². The molecule has 0 radical (unpaired) electrons. The van der Waals surface area contributed by atoms with Crippen molar-refractivity contribution in [2.24, 2.45) is 5.92 Å². The molecule has 2 heteroatoms. The molecule has 0 unspecified atom stereocenters. The third-order valence-electron chi connectivity index (χ3n) is 2.91. The van der Waals surface area contributed by atoms with Gasteiger partial charge in [-0.15, -0.1) is 0 Å². The number of hydrogen-bond donors (Lipinski definition) is 1. The maximum Gasteiger partial charge on any atom is 0.195 e. The highest BCUT2D eigenvalue weighted by molar-refractivity contribution is 6.12. The molecule has 0 aliphatic heterocycles. The van der Waals surface area contributed by atoms with Crippen molar-refractivity contribution < 1.29 is 4.79 Å². The summed E-state index contributed by atoms with van der Waals surface area (Å²) in [7, 11) is 0. The van der Waals surface area contributed by atoms with Gasteiger partial charge >= 0.3 is 0 Å². The number of hydrogen-bond acceptors (Lipinski definition) is 2. The molecule has 0 spiro atoms. The van der Waals surface area contributed by atoms with Gasteiger partial charge in [-0.2, -0.15) is 0 Å². The average molecular weight is 253 g/mol. The van der Waals surface area contributed by atoms with Crippen molar-refractivity contribution in [3.8, 4) is 0 Å². The van der Waals surface area contributed by atoms with Gasteiger partial charge in [-0.3, -0.25) is 4.79 Å². The van der Waals surface area contributed by atoms with Gasteiger partial charge in [0.2, 0.25) is 0 Å². The molecule has 2 aromatic carbocycles. The highest BCUT2D eigenvalue weighted by atomic mass is 16.1. The fourth-order valence-corrected chi connectivity index (χ4v) is 1.89. The molecule has 2 rings (SSSR count). The lowest BCUT2D eigenvalue weighted by molar-refractivity contribution is 0.103. The summed E-state index contributed by atoms with van der Waals surface area (Å²) in [6.07, 6.45) is 0. The normalized spacial score (nSPS) is 10.5. The maximum atomic E-state index is 12.5. The zero-order valence-electron chi connectivity index (χ0n) is 11.4. The smallest absolute Gasteiger partial charge is 0.195 e. The molecule has 0 fully saturated rings. The van der Waals surface area contributed by atoms with E-state index in [0.717, 1.165) is 23.4 Å². The van der Waals surface area contributed by atoms with Crippen LogP contribution in [-0.2, 0) is 0 Å². The van der Waals surface area contributed by atoms with E-state index >= 15 is 0 Å². The first-order valence-electron chi connectivity index (χ1n) is 6.61. The van der Waals surface area contributed by atoms with E-state index in [2.05, 4.69) is 19.2 Å². The standard InChI is InChI=1S/C17H19NO/c1-13(2)12-18-16-11-7-6-10-15(16)17(19)14-8-4-3-5-9-14/h3-11,13,18H,12H2,1-2H3. The Bertz CT molecular complexity index is 546. The SMILES string of the molecule is CC(C)CNc1ccccc1C(=O)c1ccccc1. The van der Waals surface area contributed by atoms with Crippen LogP contribution in [0.5, 0.6) is 0 Å². The quantitative estimate of drug-likeness (QED) is 0.816. The van der Waals surface area contributed by atoms with Crippen molar-refractivity contribution in [3.05, 3.63) is 65.7 Å². The van der Waals surface area contributed by atoms with Gasteiger partial charge in [0, 0.05) is 23.4 Å². The summed E-state index contributed by atoms with van der Waals surface area (Å²) in [6, 6.07) is 17.1. The molecule has 0 amide bonds.